The Labute approximate surface area is 104 Å². The van der Waals surface area contributed by atoms with E-state index in [0.717, 1.165) is 12.4 Å². The molecule has 0 amide bonds. The fraction of sp³-hybridized carbons (Fsp3) is 0.154. The second kappa shape index (κ2) is 5.15. The fourth-order valence-corrected chi connectivity index (χ4v) is 1.77. The molecule has 0 atom stereocenters. The van der Waals surface area contributed by atoms with E-state index in [1.54, 1.807) is 0 Å². The first-order valence-electron chi connectivity index (χ1n) is 5.37. The second-order valence-electron chi connectivity index (χ2n) is 3.56. The highest BCUT2D eigenvalue weighted by Crippen LogP contribution is 2.27. The van der Waals surface area contributed by atoms with Gasteiger partial charge in [-0.3, -0.25) is 0 Å². The maximum absolute atomic E-state index is 13.2. The molecule has 0 aliphatic heterocycles. The number of anilines is 1. The summed E-state index contributed by atoms with van der Waals surface area (Å²) in [6, 6.07) is 9.79. The predicted molar refractivity (Wildman–Crippen MR) is 68.8 cm³/mol. The molecular weight excluding hydrogens is 239 g/mol. The van der Waals surface area contributed by atoms with Crippen LogP contribution in [0, 0.1) is 5.82 Å². The molecule has 2 rings (SSSR count). The third-order valence-electron chi connectivity index (χ3n) is 2.31. The molecule has 0 bridgehead atoms. The molecular formula is C13H12ClFN2. The van der Waals surface area contributed by atoms with Gasteiger partial charge in [0.1, 0.15) is 11.6 Å². The quantitative estimate of drug-likeness (QED) is 0.892. The molecule has 1 heterocycles. The zero-order valence-corrected chi connectivity index (χ0v) is 10.1. The summed E-state index contributed by atoms with van der Waals surface area (Å²) in [7, 11) is 0. The number of hydrogen-bond acceptors (Lipinski definition) is 2. The number of rotatable bonds is 3. The van der Waals surface area contributed by atoms with Gasteiger partial charge in [0.05, 0.1) is 10.7 Å². The van der Waals surface area contributed by atoms with E-state index in [0.29, 0.717) is 16.3 Å². The smallest absolute Gasteiger partial charge is 0.126 e. The Bertz CT molecular complexity index is 529. The van der Waals surface area contributed by atoms with Crippen molar-refractivity contribution in [1.82, 2.24) is 4.98 Å². The summed E-state index contributed by atoms with van der Waals surface area (Å²) >= 11 is 6.03. The number of pyridine rings is 1. The van der Waals surface area contributed by atoms with E-state index in [4.69, 9.17) is 11.6 Å². The van der Waals surface area contributed by atoms with Crippen LogP contribution in [0.5, 0.6) is 0 Å². The van der Waals surface area contributed by atoms with E-state index >= 15 is 0 Å². The van der Waals surface area contributed by atoms with Crippen LogP contribution in [0.3, 0.4) is 0 Å². The molecule has 2 aromatic rings. The lowest BCUT2D eigenvalue weighted by Gasteiger charge is -2.07. The molecule has 4 heteroatoms. The van der Waals surface area contributed by atoms with Crippen molar-refractivity contribution in [3.8, 4) is 11.3 Å². The van der Waals surface area contributed by atoms with Gasteiger partial charge in [-0.2, -0.15) is 0 Å². The molecule has 17 heavy (non-hydrogen) atoms. The van der Waals surface area contributed by atoms with Crippen molar-refractivity contribution in [2.75, 3.05) is 11.9 Å². The Balaban J connectivity index is 2.45. The topological polar surface area (TPSA) is 24.9 Å². The lowest BCUT2D eigenvalue weighted by Crippen LogP contribution is -1.99. The van der Waals surface area contributed by atoms with Gasteiger partial charge in [-0.1, -0.05) is 17.7 Å². The van der Waals surface area contributed by atoms with Crippen molar-refractivity contribution in [1.29, 1.82) is 0 Å². The lowest BCUT2D eigenvalue weighted by atomic mass is 10.1. The van der Waals surface area contributed by atoms with Crippen molar-refractivity contribution < 1.29 is 4.39 Å². The first-order valence-corrected chi connectivity index (χ1v) is 5.75. The third-order valence-corrected chi connectivity index (χ3v) is 2.64. The van der Waals surface area contributed by atoms with E-state index in [1.807, 2.05) is 25.1 Å². The summed E-state index contributed by atoms with van der Waals surface area (Å²) in [6.07, 6.45) is 0. The van der Waals surface area contributed by atoms with E-state index in [2.05, 4.69) is 10.3 Å². The van der Waals surface area contributed by atoms with Gasteiger partial charge in [0.15, 0.2) is 0 Å². The molecule has 0 unspecified atom stereocenters. The number of benzene rings is 1. The monoisotopic (exact) mass is 250 g/mol. The second-order valence-corrected chi connectivity index (χ2v) is 3.97. The standard InChI is InChI=1S/C13H12ClFN2/c1-2-16-13-5-3-4-12(17-13)10-8-9(15)6-7-11(10)14/h3-8H,2H2,1H3,(H,16,17). The molecule has 0 fully saturated rings. The highest BCUT2D eigenvalue weighted by molar-refractivity contribution is 6.33. The minimum absolute atomic E-state index is 0.319. The summed E-state index contributed by atoms with van der Waals surface area (Å²) in [5.74, 6) is 0.436. The molecule has 1 aromatic carbocycles. The molecule has 0 aliphatic rings. The predicted octanol–water partition coefficient (Wildman–Crippen LogP) is 3.97. The number of nitrogens with one attached hydrogen (secondary N) is 1. The van der Waals surface area contributed by atoms with Crippen LogP contribution in [0.15, 0.2) is 36.4 Å². The van der Waals surface area contributed by atoms with E-state index in [-0.39, 0.29) is 5.82 Å². The van der Waals surface area contributed by atoms with Crippen LogP contribution in [0.2, 0.25) is 5.02 Å². The SMILES string of the molecule is CCNc1cccc(-c2cc(F)ccc2Cl)n1. The summed E-state index contributed by atoms with van der Waals surface area (Å²) in [6.45, 7) is 2.77. The molecule has 0 saturated heterocycles. The zero-order chi connectivity index (χ0) is 12.3. The first kappa shape index (κ1) is 11.9. The van der Waals surface area contributed by atoms with Gasteiger partial charge in [0, 0.05) is 12.1 Å². The molecule has 0 saturated carbocycles. The summed E-state index contributed by atoms with van der Waals surface area (Å²) in [5, 5.41) is 3.60. The maximum atomic E-state index is 13.2. The third kappa shape index (κ3) is 2.74. The van der Waals surface area contributed by atoms with Crippen molar-refractivity contribution in [3.05, 3.63) is 47.2 Å². The van der Waals surface area contributed by atoms with Gasteiger partial charge < -0.3 is 5.32 Å². The number of nitrogens with zero attached hydrogens (tertiary/aromatic N) is 1. The van der Waals surface area contributed by atoms with Gasteiger partial charge in [-0.25, -0.2) is 9.37 Å². The first-order chi connectivity index (χ1) is 8.20. The van der Waals surface area contributed by atoms with Crippen molar-refractivity contribution in [2.45, 2.75) is 6.92 Å². The maximum Gasteiger partial charge on any atom is 0.126 e. The van der Waals surface area contributed by atoms with Crippen molar-refractivity contribution >= 4 is 17.4 Å². The highest BCUT2D eigenvalue weighted by Gasteiger charge is 2.06. The fourth-order valence-electron chi connectivity index (χ4n) is 1.56. The highest BCUT2D eigenvalue weighted by atomic mass is 35.5. The average molecular weight is 251 g/mol. The van der Waals surface area contributed by atoms with Gasteiger partial charge in [0.25, 0.3) is 0 Å². The minimum atomic E-state index is -0.319. The van der Waals surface area contributed by atoms with Crippen LogP contribution < -0.4 is 5.32 Å². The molecule has 0 radical (unpaired) electrons. The summed E-state index contributed by atoms with van der Waals surface area (Å²) in [5.41, 5.74) is 1.26. The van der Waals surface area contributed by atoms with Crippen LogP contribution in [0.1, 0.15) is 6.92 Å². The molecule has 0 aliphatic carbocycles. The summed E-state index contributed by atoms with van der Waals surface area (Å²) in [4.78, 5) is 4.37. The average Bonchev–Trinajstić information content (AvgIpc) is 2.33. The van der Waals surface area contributed by atoms with Crippen LogP contribution in [-0.4, -0.2) is 11.5 Å². The van der Waals surface area contributed by atoms with Crippen molar-refractivity contribution in [3.63, 3.8) is 0 Å². The molecule has 2 nitrogen and oxygen atoms in total. The Morgan fingerprint density at radius 2 is 2.12 bits per heavy atom. The van der Waals surface area contributed by atoms with E-state index in [1.165, 1.54) is 18.2 Å². The van der Waals surface area contributed by atoms with E-state index < -0.39 is 0 Å². The van der Waals surface area contributed by atoms with Crippen LogP contribution in [-0.2, 0) is 0 Å². The van der Waals surface area contributed by atoms with Crippen LogP contribution in [0.25, 0.3) is 11.3 Å². The Kier molecular flexibility index (Phi) is 3.59. The van der Waals surface area contributed by atoms with Gasteiger partial charge in [0.2, 0.25) is 0 Å². The Morgan fingerprint density at radius 3 is 2.88 bits per heavy atom. The summed E-state index contributed by atoms with van der Waals surface area (Å²) < 4.78 is 13.2. The Hall–Kier alpha value is -1.61. The van der Waals surface area contributed by atoms with Gasteiger partial charge in [-0.15, -0.1) is 0 Å². The van der Waals surface area contributed by atoms with Crippen LogP contribution >= 0.6 is 11.6 Å². The molecule has 1 aromatic heterocycles. The molecule has 1 N–H and O–H groups in total. The Morgan fingerprint density at radius 1 is 1.29 bits per heavy atom. The normalized spacial score (nSPS) is 10.3. The molecule has 88 valence electrons. The van der Waals surface area contributed by atoms with Crippen LogP contribution in [0.4, 0.5) is 10.2 Å². The number of aromatic nitrogens is 1. The van der Waals surface area contributed by atoms with E-state index in [9.17, 15) is 4.39 Å². The van der Waals surface area contributed by atoms with Gasteiger partial charge >= 0.3 is 0 Å². The molecule has 0 spiro atoms. The number of hydrogen-bond donors (Lipinski definition) is 1. The van der Waals surface area contributed by atoms with Crippen molar-refractivity contribution in [2.24, 2.45) is 0 Å². The van der Waals surface area contributed by atoms with Gasteiger partial charge in [-0.05, 0) is 37.3 Å². The number of halogens is 2. The minimum Gasteiger partial charge on any atom is -0.370 e. The lowest BCUT2D eigenvalue weighted by molar-refractivity contribution is 0.628. The zero-order valence-electron chi connectivity index (χ0n) is 9.37. The largest absolute Gasteiger partial charge is 0.370 e.